The average molecular weight is 226 g/mol. The Labute approximate surface area is 102 Å². The van der Waals surface area contributed by atoms with Gasteiger partial charge in [-0.2, -0.15) is 0 Å². The summed E-state index contributed by atoms with van der Waals surface area (Å²) in [5, 5.41) is 3.49. The fourth-order valence-corrected chi connectivity index (χ4v) is 2.38. The maximum Gasteiger partial charge on any atom is 0.00965 e. The molecule has 0 aromatic rings. The quantitative estimate of drug-likeness (QED) is 0.650. The molecule has 1 atom stereocenters. The predicted octanol–water partition coefficient (Wildman–Crippen LogP) is 2.89. The van der Waals surface area contributed by atoms with E-state index in [-0.39, 0.29) is 0 Å². The van der Waals surface area contributed by atoms with Gasteiger partial charge in [0.2, 0.25) is 0 Å². The third-order valence-corrected chi connectivity index (χ3v) is 3.30. The Morgan fingerprint density at radius 1 is 1.25 bits per heavy atom. The van der Waals surface area contributed by atoms with Gasteiger partial charge in [-0.3, -0.25) is 0 Å². The second kappa shape index (κ2) is 7.29. The molecule has 1 aliphatic rings. The second-order valence-electron chi connectivity index (χ2n) is 5.72. The number of hydrogen-bond acceptors (Lipinski definition) is 2. The monoisotopic (exact) mass is 226 g/mol. The van der Waals surface area contributed by atoms with Gasteiger partial charge in [-0.25, -0.2) is 0 Å². The van der Waals surface area contributed by atoms with Crippen molar-refractivity contribution in [2.24, 2.45) is 5.92 Å². The summed E-state index contributed by atoms with van der Waals surface area (Å²) in [5.74, 6) is 0.812. The van der Waals surface area contributed by atoms with E-state index in [2.05, 4.69) is 37.9 Å². The Morgan fingerprint density at radius 2 is 1.94 bits per heavy atom. The lowest BCUT2D eigenvalue weighted by Crippen LogP contribution is -2.32. The van der Waals surface area contributed by atoms with Crippen LogP contribution in [0.2, 0.25) is 0 Å². The van der Waals surface area contributed by atoms with Crippen LogP contribution in [-0.2, 0) is 0 Å². The van der Waals surface area contributed by atoms with Crippen molar-refractivity contribution in [3.63, 3.8) is 0 Å². The summed E-state index contributed by atoms with van der Waals surface area (Å²) in [7, 11) is 0. The molecule has 0 bridgehead atoms. The zero-order chi connectivity index (χ0) is 12.0. The molecule has 1 fully saturated rings. The van der Waals surface area contributed by atoms with Gasteiger partial charge in [0.1, 0.15) is 0 Å². The molecular formula is C14H30N2. The van der Waals surface area contributed by atoms with Crippen LogP contribution in [0.1, 0.15) is 53.4 Å². The normalized spacial score (nSPS) is 18.4. The van der Waals surface area contributed by atoms with Crippen LogP contribution in [0.25, 0.3) is 0 Å². The van der Waals surface area contributed by atoms with E-state index in [9.17, 15) is 0 Å². The Bertz CT molecular complexity index is 176. The zero-order valence-corrected chi connectivity index (χ0v) is 11.6. The fourth-order valence-electron chi connectivity index (χ4n) is 2.38. The molecule has 0 spiro atoms. The van der Waals surface area contributed by atoms with E-state index in [1.54, 1.807) is 0 Å². The molecular weight excluding hydrogens is 196 g/mol. The Morgan fingerprint density at radius 3 is 2.44 bits per heavy atom. The van der Waals surface area contributed by atoms with Gasteiger partial charge in [-0.15, -0.1) is 0 Å². The van der Waals surface area contributed by atoms with Gasteiger partial charge >= 0.3 is 0 Å². The molecule has 1 N–H and O–H groups in total. The largest absolute Gasteiger partial charge is 0.315 e. The zero-order valence-electron chi connectivity index (χ0n) is 11.6. The molecule has 1 saturated carbocycles. The van der Waals surface area contributed by atoms with Crippen molar-refractivity contribution in [1.82, 2.24) is 10.2 Å². The smallest absolute Gasteiger partial charge is 0.00965 e. The molecule has 0 radical (unpaired) electrons. The number of nitrogens with zero attached hydrogens (tertiary/aromatic N) is 1. The third kappa shape index (κ3) is 5.86. The summed E-state index contributed by atoms with van der Waals surface area (Å²) in [6.45, 7) is 12.8. The van der Waals surface area contributed by atoms with Crippen LogP contribution in [0.5, 0.6) is 0 Å². The molecule has 16 heavy (non-hydrogen) atoms. The van der Waals surface area contributed by atoms with Crippen molar-refractivity contribution in [2.45, 2.75) is 65.5 Å². The van der Waals surface area contributed by atoms with Crippen molar-refractivity contribution in [3.8, 4) is 0 Å². The topological polar surface area (TPSA) is 15.3 Å². The average Bonchev–Trinajstić information content (AvgIpc) is 2.99. The van der Waals surface area contributed by atoms with E-state index < -0.39 is 0 Å². The minimum Gasteiger partial charge on any atom is -0.315 e. The van der Waals surface area contributed by atoms with Crippen molar-refractivity contribution >= 4 is 0 Å². The molecule has 1 aliphatic carbocycles. The van der Waals surface area contributed by atoms with Crippen LogP contribution in [-0.4, -0.2) is 36.6 Å². The van der Waals surface area contributed by atoms with E-state index in [1.807, 2.05) is 0 Å². The highest BCUT2D eigenvalue weighted by Crippen LogP contribution is 2.27. The molecule has 2 heteroatoms. The Kier molecular flexibility index (Phi) is 6.37. The highest BCUT2D eigenvalue weighted by atomic mass is 15.2. The summed E-state index contributed by atoms with van der Waals surface area (Å²) in [4.78, 5) is 2.71. The first kappa shape index (κ1) is 14.0. The first-order valence-corrected chi connectivity index (χ1v) is 7.11. The summed E-state index contributed by atoms with van der Waals surface area (Å²) in [6.07, 6.45) is 5.54. The number of hydrogen-bond donors (Lipinski definition) is 1. The van der Waals surface area contributed by atoms with Gasteiger partial charge in [-0.05, 0) is 51.6 Å². The van der Waals surface area contributed by atoms with E-state index in [4.69, 9.17) is 0 Å². The molecule has 0 aromatic heterocycles. The minimum absolute atomic E-state index is 0.685. The lowest BCUT2D eigenvalue weighted by Gasteiger charge is -2.24. The van der Waals surface area contributed by atoms with Gasteiger partial charge in [0.25, 0.3) is 0 Å². The summed E-state index contributed by atoms with van der Waals surface area (Å²) >= 11 is 0. The molecule has 2 nitrogen and oxygen atoms in total. The van der Waals surface area contributed by atoms with Crippen LogP contribution in [0.3, 0.4) is 0 Å². The van der Waals surface area contributed by atoms with Gasteiger partial charge in [0.05, 0.1) is 0 Å². The molecule has 0 amide bonds. The number of nitrogens with one attached hydrogen (secondary N) is 1. The van der Waals surface area contributed by atoms with Crippen molar-refractivity contribution < 1.29 is 0 Å². The summed E-state index contributed by atoms with van der Waals surface area (Å²) in [5.41, 5.74) is 0. The highest BCUT2D eigenvalue weighted by Gasteiger charge is 2.28. The van der Waals surface area contributed by atoms with Gasteiger partial charge in [0.15, 0.2) is 0 Å². The molecule has 1 rings (SSSR count). The first-order chi connectivity index (χ1) is 7.63. The minimum atomic E-state index is 0.685. The molecule has 0 saturated heterocycles. The molecule has 96 valence electrons. The fraction of sp³-hybridized carbons (Fsp3) is 1.00. The van der Waals surface area contributed by atoms with E-state index >= 15 is 0 Å². The standard InChI is InChI=1S/C14H30N2/c1-5-15-13(4)7-6-10-16(11-12(2)3)14-8-9-14/h12-15H,5-11H2,1-4H3. The van der Waals surface area contributed by atoms with E-state index in [0.29, 0.717) is 6.04 Å². The summed E-state index contributed by atoms with van der Waals surface area (Å²) in [6, 6.07) is 1.61. The maximum atomic E-state index is 3.49. The molecule has 1 unspecified atom stereocenters. The molecule has 0 heterocycles. The second-order valence-corrected chi connectivity index (χ2v) is 5.72. The van der Waals surface area contributed by atoms with Crippen LogP contribution in [0.4, 0.5) is 0 Å². The SMILES string of the molecule is CCNC(C)CCCN(CC(C)C)C1CC1. The van der Waals surface area contributed by atoms with Gasteiger partial charge < -0.3 is 10.2 Å². The van der Waals surface area contributed by atoms with Crippen LogP contribution in [0.15, 0.2) is 0 Å². The third-order valence-electron chi connectivity index (χ3n) is 3.30. The summed E-state index contributed by atoms with van der Waals surface area (Å²) < 4.78 is 0. The Hall–Kier alpha value is -0.0800. The van der Waals surface area contributed by atoms with Crippen LogP contribution < -0.4 is 5.32 Å². The Balaban J connectivity index is 2.12. The van der Waals surface area contributed by atoms with Gasteiger partial charge in [0, 0.05) is 18.6 Å². The lowest BCUT2D eigenvalue weighted by atomic mass is 10.1. The molecule has 0 aromatic carbocycles. The van der Waals surface area contributed by atoms with Crippen molar-refractivity contribution in [3.05, 3.63) is 0 Å². The predicted molar refractivity (Wildman–Crippen MR) is 71.8 cm³/mol. The highest BCUT2D eigenvalue weighted by molar-refractivity contribution is 4.85. The van der Waals surface area contributed by atoms with Crippen molar-refractivity contribution in [2.75, 3.05) is 19.6 Å². The van der Waals surface area contributed by atoms with Gasteiger partial charge in [-0.1, -0.05) is 20.8 Å². The van der Waals surface area contributed by atoms with Crippen molar-refractivity contribution in [1.29, 1.82) is 0 Å². The number of rotatable bonds is 9. The van der Waals surface area contributed by atoms with Crippen LogP contribution in [0, 0.1) is 5.92 Å². The van der Waals surface area contributed by atoms with E-state index in [1.165, 1.54) is 38.8 Å². The maximum absolute atomic E-state index is 3.49. The lowest BCUT2D eigenvalue weighted by molar-refractivity contribution is 0.227. The van der Waals surface area contributed by atoms with E-state index in [0.717, 1.165) is 18.5 Å². The first-order valence-electron chi connectivity index (χ1n) is 7.11. The molecule has 0 aliphatic heterocycles. The van der Waals surface area contributed by atoms with Crippen LogP contribution >= 0.6 is 0 Å².